The number of pyridine rings is 1. The van der Waals surface area contributed by atoms with Gasteiger partial charge in [0.1, 0.15) is 11.5 Å². The number of aryl methyl sites for hydroxylation is 2. The standard InChI is InChI=1S/C14H12N4O3/c1-9-5-11(18(19)20)3-4-13(9)21-12-6-10-7-16-17(2)14(10)15-8-12/h3-8H,1-2H3. The number of hydrogen-bond acceptors (Lipinski definition) is 5. The first kappa shape index (κ1) is 13.0. The van der Waals surface area contributed by atoms with Crippen molar-refractivity contribution in [2.24, 2.45) is 7.05 Å². The van der Waals surface area contributed by atoms with E-state index in [-0.39, 0.29) is 5.69 Å². The minimum Gasteiger partial charge on any atom is -0.455 e. The maximum Gasteiger partial charge on any atom is 0.269 e. The van der Waals surface area contributed by atoms with Gasteiger partial charge in [0.2, 0.25) is 0 Å². The monoisotopic (exact) mass is 284 g/mol. The van der Waals surface area contributed by atoms with Crippen LogP contribution in [-0.2, 0) is 7.05 Å². The second-order valence-electron chi connectivity index (χ2n) is 4.66. The lowest BCUT2D eigenvalue weighted by Gasteiger charge is -2.08. The van der Waals surface area contributed by atoms with E-state index in [1.54, 1.807) is 30.1 Å². The Balaban J connectivity index is 1.92. The molecule has 3 aromatic rings. The number of rotatable bonds is 3. The van der Waals surface area contributed by atoms with Crippen LogP contribution in [0.25, 0.3) is 11.0 Å². The van der Waals surface area contributed by atoms with Crippen LogP contribution in [-0.4, -0.2) is 19.7 Å². The van der Waals surface area contributed by atoms with E-state index in [0.717, 1.165) is 11.0 Å². The summed E-state index contributed by atoms with van der Waals surface area (Å²) >= 11 is 0. The van der Waals surface area contributed by atoms with Crippen molar-refractivity contribution in [2.75, 3.05) is 0 Å². The van der Waals surface area contributed by atoms with Crippen molar-refractivity contribution in [1.29, 1.82) is 0 Å². The fraction of sp³-hybridized carbons (Fsp3) is 0.143. The number of benzene rings is 1. The van der Waals surface area contributed by atoms with Crippen LogP contribution in [0.3, 0.4) is 0 Å². The van der Waals surface area contributed by atoms with Crippen molar-refractivity contribution in [2.45, 2.75) is 6.92 Å². The summed E-state index contributed by atoms with van der Waals surface area (Å²) in [6.07, 6.45) is 3.31. The molecule has 0 radical (unpaired) electrons. The minimum atomic E-state index is -0.431. The molecule has 0 unspecified atom stereocenters. The number of ether oxygens (including phenoxy) is 1. The van der Waals surface area contributed by atoms with E-state index in [1.807, 2.05) is 13.1 Å². The van der Waals surface area contributed by atoms with Gasteiger partial charge in [0.15, 0.2) is 5.65 Å². The van der Waals surface area contributed by atoms with Crippen LogP contribution in [0.15, 0.2) is 36.7 Å². The summed E-state index contributed by atoms with van der Waals surface area (Å²) in [6, 6.07) is 6.31. The van der Waals surface area contributed by atoms with E-state index >= 15 is 0 Å². The molecule has 3 rings (SSSR count). The molecule has 0 saturated heterocycles. The molecule has 0 aliphatic carbocycles. The van der Waals surface area contributed by atoms with Gasteiger partial charge < -0.3 is 4.74 Å². The highest BCUT2D eigenvalue weighted by molar-refractivity contribution is 5.75. The van der Waals surface area contributed by atoms with E-state index in [0.29, 0.717) is 17.1 Å². The zero-order valence-corrected chi connectivity index (χ0v) is 11.5. The summed E-state index contributed by atoms with van der Waals surface area (Å²) in [6.45, 7) is 1.76. The lowest BCUT2D eigenvalue weighted by atomic mass is 10.2. The summed E-state index contributed by atoms with van der Waals surface area (Å²) in [5, 5.41) is 15.7. The first-order valence-electron chi connectivity index (χ1n) is 6.25. The Bertz CT molecular complexity index is 841. The number of fused-ring (bicyclic) bond motifs is 1. The molecule has 21 heavy (non-hydrogen) atoms. The minimum absolute atomic E-state index is 0.0423. The number of nitrogens with zero attached hydrogens (tertiary/aromatic N) is 4. The number of nitro benzene ring substituents is 1. The molecular weight excluding hydrogens is 272 g/mol. The van der Waals surface area contributed by atoms with Gasteiger partial charge in [-0.1, -0.05) is 0 Å². The topological polar surface area (TPSA) is 83.1 Å². The van der Waals surface area contributed by atoms with Gasteiger partial charge in [-0.05, 0) is 24.6 Å². The van der Waals surface area contributed by atoms with Crippen molar-refractivity contribution < 1.29 is 9.66 Å². The van der Waals surface area contributed by atoms with E-state index in [9.17, 15) is 10.1 Å². The predicted octanol–water partition coefficient (Wildman–Crippen LogP) is 2.98. The molecule has 7 heteroatoms. The van der Waals surface area contributed by atoms with Crippen LogP contribution in [0.2, 0.25) is 0 Å². The fourth-order valence-electron chi connectivity index (χ4n) is 2.07. The number of nitro groups is 1. The van der Waals surface area contributed by atoms with Crippen LogP contribution in [0.4, 0.5) is 5.69 Å². The second-order valence-corrected chi connectivity index (χ2v) is 4.66. The van der Waals surface area contributed by atoms with Gasteiger partial charge in [-0.15, -0.1) is 0 Å². The molecule has 0 N–H and O–H groups in total. The van der Waals surface area contributed by atoms with E-state index < -0.39 is 4.92 Å². The van der Waals surface area contributed by atoms with Crippen molar-refractivity contribution in [3.63, 3.8) is 0 Å². The van der Waals surface area contributed by atoms with Crippen molar-refractivity contribution in [3.05, 3.63) is 52.3 Å². The molecule has 0 fully saturated rings. The zero-order chi connectivity index (χ0) is 15.0. The number of aromatic nitrogens is 3. The van der Waals surface area contributed by atoms with Crippen LogP contribution >= 0.6 is 0 Å². The Morgan fingerprint density at radius 3 is 2.81 bits per heavy atom. The maximum absolute atomic E-state index is 10.7. The fourth-order valence-corrected chi connectivity index (χ4v) is 2.07. The average molecular weight is 284 g/mol. The molecule has 0 spiro atoms. The third kappa shape index (κ3) is 2.40. The molecule has 0 amide bonds. The quantitative estimate of drug-likeness (QED) is 0.545. The second kappa shape index (κ2) is 4.86. The van der Waals surface area contributed by atoms with Crippen LogP contribution in [0.5, 0.6) is 11.5 Å². The number of hydrogen-bond donors (Lipinski definition) is 0. The summed E-state index contributed by atoms with van der Waals surface area (Å²) < 4.78 is 7.42. The highest BCUT2D eigenvalue weighted by atomic mass is 16.6. The van der Waals surface area contributed by atoms with Gasteiger partial charge in [-0.2, -0.15) is 5.10 Å². The average Bonchev–Trinajstić information content (AvgIpc) is 2.82. The highest BCUT2D eigenvalue weighted by Gasteiger charge is 2.10. The first-order chi connectivity index (χ1) is 10.0. The smallest absolute Gasteiger partial charge is 0.269 e. The van der Waals surface area contributed by atoms with E-state index in [1.165, 1.54) is 12.1 Å². The van der Waals surface area contributed by atoms with Gasteiger partial charge in [-0.3, -0.25) is 14.8 Å². The summed E-state index contributed by atoms with van der Waals surface area (Å²) in [7, 11) is 1.82. The summed E-state index contributed by atoms with van der Waals surface area (Å²) in [5.41, 5.74) is 1.50. The van der Waals surface area contributed by atoms with Crippen LogP contribution < -0.4 is 4.74 Å². The normalized spacial score (nSPS) is 10.8. The van der Waals surface area contributed by atoms with E-state index in [2.05, 4.69) is 10.1 Å². The Hall–Kier alpha value is -2.96. The van der Waals surface area contributed by atoms with Crippen molar-refractivity contribution in [3.8, 4) is 11.5 Å². The predicted molar refractivity (Wildman–Crippen MR) is 76.4 cm³/mol. The van der Waals surface area contributed by atoms with Crippen molar-refractivity contribution >= 4 is 16.7 Å². The highest BCUT2D eigenvalue weighted by Crippen LogP contribution is 2.29. The molecule has 0 bridgehead atoms. The molecule has 2 aromatic heterocycles. The molecule has 0 aliphatic heterocycles. The maximum atomic E-state index is 10.7. The van der Waals surface area contributed by atoms with Gasteiger partial charge in [0.05, 0.1) is 17.3 Å². The molecular formula is C14H12N4O3. The Morgan fingerprint density at radius 1 is 1.29 bits per heavy atom. The Kier molecular flexibility index (Phi) is 3.02. The molecule has 7 nitrogen and oxygen atoms in total. The van der Waals surface area contributed by atoms with Crippen LogP contribution in [0.1, 0.15) is 5.56 Å². The van der Waals surface area contributed by atoms with Gasteiger partial charge >= 0.3 is 0 Å². The molecule has 0 saturated carbocycles. The summed E-state index contributed by atoms with van der Waals surface area (Å²) in [4.78, 5) is 14.6. The third-order valence-corrected chi connectivity index (χ3v) is 3.14. The van der Waals surface area contributed by atoms with Gasteiger partial charge in [0.25, 0.3) is 5.69 Å². The van der Waals surface area contributed by atoms with Crippen molar-refractivity contribution in [1.82, 2.24) is 14.8 Å². The lowest BCUT2D eigenvalue weighted by molar-refractivity contribution is -0.384. The van der Waals surface area contributed by atoms with Gasteiger partial charge in [-0.25, -0.2) is 4.98 Å². The van der Waals surface area contributed by atoms with Gasteiger partial charge in [0, 0.05) is 24.6 Å². The van der Waals surface area contributed by atoms with Crippen LogP contribution in [0, 0.1) is 17.0 Å². The SMILES string of the molecule is Cc1cc([N+](=O)[O-])ccc1Oc1cnc2c(cnn2C)c1. The molecule has 106 valence electrons. The molecule has 2 heterocycles. The zero-order valence-electron chi connectivity index (χ0n) is 11.5. The van der Waals surface area contributed by atoms with E-state index in [4.69, 9.17) is 4.74 Å². The first-order valence-corrected chi connectivity index (χ1v) is 6.25. The lowest BCUT2D eigenvalue weighted by Crippen LogP contribution is -1.93. The number of non-ortho nitro benzene ring substituents is 1. The molecule has 1 aromatic carbocycles. The molecule has 0 atom stereocenters. The largest absolute Gasteiger partial charge is 0.455 e. The Labute approximate surface area is 119 Å². The third-order valence-electron chi connectivity index (χ3n) is 3.14. The Morgan fingerprint density at radius 2 is 2.10 bits per heavy atom. The molecule has 0 aliphatic rings. The summed E-state index contributed by atoms with van der Waals surface area (Å²) in [5.74, 6) is 1.12.